The molecule has 19 heavy (non-hydrogen) atoms. The fourth-order valence-corrected chi connectivity index (χ4v) is 2.67. The maximum absolute atomic E-state index is 11.0. The van der Waals surface area contributed by atoms with Crippen LogP contribution in [0.3, 0.4) is 0 Å². The lowest BCUT2D eigenvalue weighted by Crippen LogP contribution is -2.07. The minimum Gasteiger partial charge on any atom is -0.323 e. The van der Waals surface area contributed by atoms with Crippen LogP contribution in [0.25, 0.3) is 0 Å². The number of hydrogen-bond donors (Lipinski definition) is 2. The summed E-state index contributed by atoms with van der Waals surface area (Å²) in [4.78, 5) is 11.9. The molecule has 0 aromatic heterocycles. The number of nitro benzene ring substituents is 1. The molecular weight excluding hydrogens is 286 g/mol. The van der Waals surface area contributed by atoms with Gasteiger partial charge in [-0.1, -0.05) is 35.5 Å². The zero-order valence-electron chi connectivity index (χ0n) is 9.67. The first kappa shape index (κ1) is 13.7. The number of nitrogens with two attached hydrogens (primary N) is 1. The Hall–Kier alpha value is -1.76. The van der Waals surface area contributed by atoms with Crippen LogP contribution < -0.4 is 11.3 Å². The summed E-state index contributed by atoms with van der Waals surface area (Å²) in [5.74, 6) is 5.41. The van der Waals surface area contributed by atoms with Gasteiger partial charge in [0.05, 0.1) is 15.5 Å². The molecule has 3 N–H and O–H groups in total. The third-order valence-electron chi connectivity index (χ3n) is 2.38. The van der Waals surface area contributed by atoms with E-state index in [0.717, 1.165) is 4.90 Å². The topological polar surface area (TPSA) is 81.2 Å². The Morgan fingerprint density at radius 2 is 1.95 bits per heavy atom. The summed E-state index contributed by atoms with van der Waals surface area (Å²) in [7, 11) is 0. The van der Waals surface area contributed by atoms with Gasteiger partial charge in [-0.15, -0.1) is 0 Å². The highest BCUT2D eigenvalue weighted by Crippen LogP contribution is 2.39. The number of nitrogens with one attached hydrogen (secondary N) is 1. The molecule has 0 bridgehead atoms. The van der Waals surface area contributed by atoms with Gasteiger partial charge in [0.2, 0.25) is 0 Å². The van der Waals surface area contributed by atoms with Gasteiger partial charge >= 0.3 is 0 Å². The first-order valence-corrected chi connectivity index (χ1v) is 6.48. The molecule has 2 aromatic rings. The fourth-order valence-electron chi connectivity index (χ4n) is 1.51. The number of hydrazine groups is 1. The van der Waals surface area contributed by atoms with Crippen LogP contribution in [0, 0.1) is 10.1 Å². The predicted octanol–water partition coefficient (Wildman–Crippen LogP) is 3.69. The molecule has 0 amide bonds. The Morgan fingerprint density at radius 3 is 2.63 bits per heavy atom. The number of para-hydroxylation sites is 1. The second-order valence-corrected chi connectivity index (χ2v) is 5.13. The second kappa shape index (κ2) is 5.92. The molecule has 0 unspecified atom stereocenters. The molecule has 5 nitrogen and oxygen atoms in total. The van der Waals surface area contributed by atoms with Crippen molar-refractivity contribution in [1.82, 2.24) is 0 Å². The molecule has 2 aromatic carbocycles. The van der Waals surface area contributed by atoms with Crippen molar-refractivity contribution in [2.45, 2.75) is 9.79 Å². The van der Waals surface area contributed by atoms with Crippen LogP contribution in [0.2, 0.25) is 5.02 Å². The highest BCUT2D eigenvalue weighted by Gasteiger charge is 2.16. The van der Waals surface area contributed by atoms with E-state index in [-0.39, 0.29) is 5.69 Å². The van der Waals surface area contributed by atoms with Gasteiger partial charge in [-0.25, -0.2) is 0 Å². The van der Waals surface area contributed by atoms with Gasteiger partial charge < -0.3 is 5.43 Å². The maximum atomic E-state index is 11.0. The van der Waals surface area contributed by atoms with E-state index in [9.17, 15) is 10.1 Å². The van der Waals surface area contributed by atoms with E-state index in [1.807, 2.05) is 18.2 Å². The Bertz CT molecular complexity index is 622. The Balaban J connectivity index is 2.41. The number of anilines is 1. The number of rotatable bonds is 4. The minimum absolute atomic E-state index is 0.0238. The van der Waals surface area contributed by atoms with E-state index < -0.39 is 4.92 Å². The van der Waals surface area contributed by atoms with Gasteiger partial charge in [-0.3, -0.25) is 16.0 Å². The van der Waals surface area contributed by atoms with E-state index >= 15 is 0 Å². The molecule has 0 radical (unpaired) electrons. The zero-order valence-corrected chi connectivity index (χ0v) is 11.2. The van der Waals surface area contributed by atoms with Crippen LogP contribution >= 0.6 is 23.4 Å². The average Bonchev–Trinajstić information content (AvgIpc) is 2.41. The first-order valence-electron chi connectivity index (χ1n) is 5.29. The minimum atomic E-state index is -0.452. The standard InChI is InChI=1S/C12H10ClN3O2S/c13-8-5-6-12(10(7-8)16(17)18)19-11-4-2-1-3-9(11)15-14/h1-7,15H,14H2. The van der Waals surface area contributed by atoms with Crippen molar-refractivity contribution in [2.24, 2.45) is 5.84 Å². The monoisotopic (exact) mass is 295 g/mol. The Kier molecular flexibility index (Phi) is 4.26. The average molecular weight is 296 g/mol. The summed E-state index contributed by atoms with van der Waals surface area (Å²) in [6.45, 7) is 0. The highest BCUT2D eigenvalue weighted by molar-refractivity contribution is 7.99. The van der Waals surface area contributed by atoms with E-state index in [1.54, 1.807) is 18.2 Å². The lowest BCUT2D eigenvalue weighted by Gasteiger charge is -2.08. The number of halogens is 1. The second-order valence-electron chi connectivity index (χ2n) is 3.61. The van der Waals surface area contributed by atoms with E-state index in [4.69, 9.17) is 17.4 Å². The molecule has 0 aliphatic rings. The van der Waals surface area contributed by atoms with Crippen LogP contribution in [0.5, 0.6) is 0 Å². The number of benzene rings is 2. The van der Waals surface area contributed by atoms with Crippen LogP contribution in [-0.2, 0) is 0 Å². The summed E-state index contributed by atoms with van der Waals surface area (Å²) in [6.07, 6.45) is 0. The fraction of sp³-hybridized carbons (Fsp3) is 0. The van der Waals surface area contributed by atoms with Gasteiger partial charge in [0.1, 0.15) is 0 Å². The van der Waals surface area contributed by atoms with Crippen LogP contribution in [0.4, 0.5) is 11.4 Å². The highest BCUT2D eigenvalue weighted by atomic mass is 35.5. The molecular formula is C12H10ClN3O2S. The predicted molar refractivity (Wildman–Crippen MR) is 76.5 cm³/mol. The Labute approximate surface area is 118 Å². The molecule has 0 saturated carbocycles. The molecule has 7 heteroatoms. The Morgan fingerprint density at radius 1 is 1.21 bits per heavy atom. The van der Waals surface area contributed by atoms with Crippen molar-refractivity contribution >= 4 is 34.7 Å². The summed E-state index contributed by atoms with van der Waals surface area (Å²) >= 11 is 7.04. The van der Waals surface area contributed by atoms with Crippen LogP contribution in [-0.4, -0.2) is 4.92 Å². The SMILES string of the molecule is NNc1ccccc1Sc1ccc(Cl)cc1[N+](=O)[O-]. The third-order valence-corrected chi connectivity index (χ3v) is 3.76. The maximum Gasteiger partial charge on any atom is 0.284 e. The van der Waals surface area contributed by atoms with Gasteiger partial charge in [0.15, 0.2) is 0 Å². The molecule has 98 valence electrons. The van der Waals surface area contributed by atoms with Gasteiger partial charge in [0.25, 0.3) is 5.69 Å². The summed E-state index contributed by atoms with van der Waals surface area (Å²) in [5, 5.41) is 11.3. The summed E-state index contributed by atoms with van der Waals surface area (Å²) in [5.41, 5.74) is 3.24. The molecule has 0 aliphatic carbocycles. The molecule has 0 aliphatic heterocycles. The van der Waals surface area contributed by atoms with E-state index in [1.165, 1.54) is 17.8 Å². The lowest BCUT2D eigenvalue weighted by molar-refractivity contribution is -0.387. The smallest absolute Gasteiger partial charge is 0.284 e. The molecule has 0 fully saturated rings. The molecule has 0 spiro atoms. The van der Waals surface area contributed by atoms with E-state index in [2.05, 4.69) is 5.43 Å². The molecule has 0 heterocycles. The summed E-state index contributed by atoms with van der Waals surface area (Å²) in [6, 6.07) is 11.9. The molecule has 0 atom stereocenters. The normalized spacial score (nSPS) is 10.2. The van der Waals surface area contributed by atoms with Crippen LogP contribution in [0.15, 0.2) is 52.3 Å². The molecule has 2 rings (SSSR count). The third kappa shape index (κ3) is 3.17. The number of nitro groups is 1. The van der Waals surface area contributed by atoms with Gasteiger partial charge in [-0.05, 0) is 24.3 Å². The largest absolute Gasteiger partial charge is 0.323 e. The first-order chi connectivity index (χ1) is 9.11. The molecule has 0 saturated heterocycles. The van der Waals surface area contributed by atoms with E-state index in [0.29, 0.717) is 15.6 Å². The lowest BCUT2D eigenvalue weighted by atomic mass is 10.3. The van der Waals surface area contributed by atoms with Crippen molar-refractivity contribution in [3.8, 4) is 0 Å². The quantitative estimate of drug-likeness (QED) is 0.511. The van der Waals surface area contributed by atoms with Crippen molar-refractivity contribution < 1.29 is 4.92 Å². The van der Waals surface area contributed by atoms with Crippen LogP contribution in [0.1, 0.15) is 0 Å². The van der Waals surface area contributed by atoms with Crippen molar-refractivity contribution in [2.75, 3.05) is 5.43 Å². The van der Waals surface area contributed by atoms with Gasteiger partial charge in [-0.2, -0.15) is 0 Å². The van der Waals surface area contributed by atoms with Crippen molar-refractivity contribution in [3.05, 3.63) is 57.6 Å². The number of nitrogen functional groups attached to an aromatic ring is 1. The van der Waals surface area contributed by atoms with Crippen molar-refractivity contribution in [3.63, 3.8) is 0 Å². The zero-order chi connectivity index (χ0) is 13.8. The number of hydrogen-bond acceptors (Lipinski definition) is 5. The summed E-state index contributed by atoms with van der Waals surface area (Å²) < 4.78 is 0. The van der Waals surface area contributed by atoms with Gasteiger partial charge in [0, 0.05) is 16.0 Å². The van der Waals surface area contributed by atoms with Crippen molar-refractivity contribution in [1.29, 1.82) is 0 Å². The number of nitrogens with zero attached hydrogens (tertiary/aromatic N) is 1.